The Balaban J connectivity index is 2.00. The number of hydrogen-bond acceptors (Lipinski definition) is 2. The van der Waals surface area contributed by atoms with Crippen molar-refractivity contribution in [2.75, 3.05) is 32.7 Å². The molecule has 1 amide bonds. The van der Waals surface area contributed by atoms with Gasteiger partial charge in [0.05, 0.1) is 5.56 Å². The molecule has 1 aliphatic rings. The maximum atomic E-state index is 12.6. The van der Waals surface area contributed by atoms with Crippen molar-refractivity contribution in [3.63, 3.8) is 0 Å². The van der Waals surface area contributed by atoms with Crippen LogP contribution in [0.15, 0.2) is 22.7 Å². The summed E-state index contributed by atoms with van der Waals surface area (Å²) in [6, 6.07) is 5.87. The van der Waals surface area contributed by atoms with Crippen molar-refractivity contribution in [2.24, 2.45) is 5.92 Å². The molecule has 1 heterocycles. The van der Waals surface area contributed by atoms with Crippen LogP contribution in [0.4, 0.5) is 0 Å². The Morgan fingerprint density at radius 2 is 1.95 bits per heavy atom. The van der Waals surface area contributed by atoms with Crippen molar-refractivity contribution in [3.8, 4) is 0 Å². The molecule has 1 aliphatic heterocycles. The number of hydrogen-bond donors (Lipinski definition) is 0. The standard InChI is InChI=1S/C15H20BrIN2O/c1-11(2)10-18-5-7-19(8-6-18)15(20)13-9-12(16)3-4-14(13)17/h3-4,9,11H,5-8,10H2,1-2H3. The summed E-state index contributed by atoms with van der Waals surface area (Å²) in [5, 5.41) is 0. The van der Waals surface area contributed by atoms with Gasteiger partial charge < -0.3 is 4.90 Å². The van der Waals surface area contributed by atoms with E-state index in [0.717, 1.165) is 46.3 Å². The van der Waals surface area contributed by atoms with Crippen molar-refractivity contribution < 1.29 is 4.79 Å². The normalized spacial score (nSPS) is 16.8. The summed E-state index contributed by atoms with van der Waals surface area (Å²) >= 11 is 5.67. The fraction of sp³-hybridized carbons (Fsp3) is 0.533. The van der Waals surface area contributed by atoms with E-state index in [4.69, 9.17) is 0 Å². The molecule has 110 valence electrons. The van der Waals surface area contributed by atoms with E-state index < -0.39 is 0 Å². The van der Waals surface area contributed by atoms with Gasteiger partial charge in [0, 0.05) is 40.8 Å². The van der Waals surface area contributed by atoms with Gasteiger partial charge in [-0.05, 0) is 46.7 Å². The Hall–Kier alpha value is -0.140. The highest BCUT2D eigenvalue weighted by atomic mass is 127. The van der Waals surface area contributed by atoms with Crippen LogP contribution in [0.2, 0.25) is 0 Å². The van der Waals surface area contributed by atoms with Gasteiger partial charge in [0.1, 0.15) is 0 Å². The molecule has 5 heteroatoms. The summed E-state index contributed by atoms with van der Waals surface area (Å²) in [4.78, 5) is 17.0. The number of benzene rings is 1. The van der Waals surface area contributed by atoms with E-state index in [-0.39, 0.29) is 5.91 Å². The lowest BCUT2D eigenvalue weighted by atomic mass is 10.1. The van der Waals surface area contributed by atoms with Crippen LogP contribution < -0.4 is 0 Å². The second kappa shape index (κ2) is 7.22. The first kappa shape index (κ1) is 16.2. The summed E-state index contributed by atoms with van der Waals surface area (Å²) in [6.45, 7) is 9.21. The smallest absolute Gasteiger partial charge is 0.255 e. The predicted molar refractivity (Wildman–Crippen MR) is 94.0 cm³/mol. The van der Waals surface area contributed by atoms with Gasteiger partial charge in [0.15, 0.2) is 0 Å². The van der Waals surface area contributed by atoms with Crippen molar-refractivity contribution >= 4 is 44.4 Å². The molecular weight excluding hydrogens is 431 g/mol. The average Bonchev–Trinajstić information content (AvgIpc) is 2.41. The first-order chi connectivity index (χ1) is 9.47. The van der Waals surface area contributed by atoms with Crippen molar-refractivity contribution in [3.05, 3.63) is 31.8 Å². The maximum absolute atomic E-state index is 12.6. The quantitative estimate of drug-likeness (QED) is 0.658. The van der Waals surface area contributed by atoms with E-state index in [1.165, 1.54) is 0 Å². The molecule has 2 rings (SSSR count). The molecule has 1 aromatic rings. The summed E-state index contributed by atoms with van der Waals surface area (Å²) in [5.41, 5.74) is 0.803. The van der Waals surface area contributed by atoms with Gasteiger partial charge in [0.25, 0.3) is 5.91 Å². The first-order valence-electron chi connectivity index (χ1n) is 6.94. The minimum Gasteiger partial charge on any atom is -0.336 e. The summed E-state index contributed by atoms with van der Waals surface area (Å²) < 4.78 is 1.97. The van der Waals surface area contributed by atoms with Gasteiger partial charge in [-0.3, -0.25) is 9.69 Å². The first-order valence-corrected chi connectivity index (χ1v) is 8.81. The van der Waals surface area contributed by atoms with Crippen LogP contribution in [-0.4, -0.2) is 48.4 Å². The molecule has 1 saturated heterocycles. The second-order valence-electron chi connectivity index (χ2n) is 5.61. The third-order valence-electron chi connectivity index (χ3n) is 3.44. The van der Waals surface area contributed by atoms with E-state index in [0.29, 0.717) is 5.92 Å². The Morgan fingerprint density at radius 3 is 2.55 bits per heavy atom. The fourth-order valence-electron chi connectivity index (χ4n) is 2.48. The molecule has 1 aromatic carbocycles. The predicted octanol–water partition coefficient (Wildman–Crippen LogP) is 3.47. The molecule has 0 N–H and O–H groups in total. The second-order valence-corrected chi connectivity index (χ2v) is 7.69. The van der Waals surface area contributed by atoms with Gasteiger partial charge in [-0.1, -0.05) is 29.8 Å². The number of halogens is 2. The van der Waals surface area contributed by atoms with E-state index in [9.17, 15) is 4.79 Å². The molecule has 1 fully saturated rings. The molecule has 0 bridgehead atoms. The number of amides is 1. The monoisotopic (exact) mass is 450 g/mol. The van der Waals surface area contributed by atoms with Crippen molar-refractivity contribution in [1.29, 1.82) is 0 Å². The molecule has 0 radical (unpaired) electrons. The van der Waals surface area contributed by atoms with Crippen LogP contribution >= 0.6 is 38.5 Å². The van der Waals surface area contributed by atoms with Crippen molar-refractivity contribution in [2.45, 2.75) is 13.8 Å². The Labute approximate surface area is 143 Å². The largest absolute Gasteiger partial charge is 0.336 e. The zero-order valence-electron chi connectivity index (χ0n) is 11.9. The van der Waals surface area contributed by atoms with Gasteiger partial charge in [-0.25, -0.2) is 0 Å². The Morgan fingerprint density at radius 1 is 1.30 bits per heavy atom. The zero-order valence-corrected chi connectivity index (χ0v) is 15.6. The average molecular weight is 451 g/mol. The number of carbonyl (C=O) groups is 1. The third kappa shape index (κ3) is 4.18. The highest BCUT2D eigenvalue weighted by molar-refractivity contribution is 14.1. The number of carbonyl (C=O) groups excluding carboxylic acids is 1. The van der Waals surface area contributed by atoms with Crippen LogP contribution in [0.3, 0.4) is 0 Å². The van der Waals surface area contributed by atoms with E-state index in [1.807, 2.05) is 23.1 Å². The molecule has 0 atom stereocenters. The topological polar surface area (TPSA) is 23.6 Å². The van der Waals surface area contributed by atoms with Crippen LogP contribution in [0.5, 0.6) is 0 Å². The minimum absolute atomic E-state index is 0.153. The van der Waals surface area contributed by atoms with Crippen molar-refractivity contribution in [1.82, 2.24) is 9.80 Å². The lowest BCUT2D eigenvalue weighted by Crippen LogP contribution is -2.49. The summed E-state index contributed by atoms with van der Waals surface area (Å²) in [6.07, 6.45) is 0. The lowest BCUT2D eigenvalue weighted by molar-refractivity contribution is 0.0622. The zero-order chi connectivity index (χ0) is 14.7. The van der Waals surface area contributed by atoms with Crippen LogP contribution in [0.1, 0.15) is 24.2 Å². The fourth-order valence-corrected chi connectivity index (χ4v) is 3.41. The molecular formula is C15H20BrIN2O. The molecule has 20 heavy (non-hydrogen) atoms. The van der Waals surface area contributed by atoms with Crippen LogP contribution in [0, 0.1) is 9.49 Å². The summed E-state index contributed by atoms with van der Waals surface area (Å²) in [5.74, 6) is 0.836. The molecule has 0 aliphatic carbocycles. The third-order valence-corrected chi connectivity index (χ3v) is 4.88. The summed E-state index contributed by atoms with van der Waals surface area (Å²) in [7, 11) is 0. The molecule has 0 aromatic heterocycles. The number of piperazine rings is 1. The van der Waals surface area contributed by atoms with Gasteiger partial charge >= 0.3 is 0 Å². The lowest BCUT2D eigenvalue weighted by Gasteiger charge is -2.35. The SMILES string of the molecule is CC(C)CN1CCN(C(=O)c2cc(Br)ccc2I)CC1. The highest BCUT2D eigenvalue weighted by Crippen LogP contribution is 2.20. The van der Waals surface area contributed by atoms with Gasteiger partial charge in [-0.15, -0.1) is 0 Å². The number of rotatable bonds is 3. The molecule has 0 unspecified atom stereocenters. The van der Waals surface area contributed by atoms with E-state index >= 15 is 0 Å². The van der Waals surface area contributed by atoms with Gasteiger partial charge in [-0.2, -0.15) is 0 Å². The van der Waals surface area contributed by atoms with Crippen LogP contribution in [-0.2, 0) is 0 Å². The van der Waals surface area contributed by atoms with Gasteiger partial charge in [0.2, 0.25) is 0 Å². The number of nitrogens with zero attached hydrogens (tertiary/aromatic N) is 2. The molecule has 0 saturated carbocycles. The van der Waals surface area contributed by atoms with E-state index in [1.54, 1.807) is 0 Å². The highest BCUT2D eigenvalue weighted by Gasteiger charge is 2.23. The van der Waals surface area contributed by atoms with E-state index in [2.05, 4.69) is 57.3 Å². The molecule has 0 spiro atoms. The maximum Gasteiger partial charge on any atom is 0.255 e. The minimum atomic E-state index is 0.153. The molecule has 3 nitrogen and oxygen atoms in total. The Bertz CT molecular complexity index is 485. The Kier molecular flexibility index (Phi) is 5.86. The van der Waals surface area contributed by atoms with Crippen LogP contribution in [0.25, 0.3) is 0 Å².